The molecule has 2 aliphatic rings. The normalized spacial score (nSPS) is 27.8. The largest absolute Gasteiger partial charge is 0.379 e. The average Bonchev–Trinajstić information content (AvgIpc) is 2.46. The first-order chi connectivity index (χ1) is 9.75. The van der Waals surface area contributed by atoms with Gasteiger partial charge in [-0.15, -0.1) is 0 Å². The number of hydrogen-bond acceptors (Lipinski definition) is 3. The van der Waals surface area contributed by atoms with Crippen molar-refractivity contribution in [3.8, 4) is 0 Å². The quantitative estimate of drug-likeness (QED) is 0.693. The van der Waals surface area contributed by atoms with Crippen molar-refractivity contribution in [1.29, 1.82) is 0 Å². The molecule has 1 N–H and O–H groups in total. The predicted molar refractivity (Wildman–Crippen MR) is 85.1 cm³/mol. The van der Waals surface area contributed by atoms with Crippen LogP contribution in [0.25, 0.3) is 0 Å². The van der Waals surface area contributed by atoms with Crippen molar-refractivity contribution >= 4 is 0 Å². The van der Waals surface area contributed by atoms with Gasteiger partial charge in [-0.25, -0.2) is 0 Å². The molecule has 0 amide bonds. The van der Waals surface area contributed by atoms with Crippen LogP contribution in [0.5, 0.6) is 0 Å². The van der Waals surface area contributed by atoms with Crippen molar-refractivity contribution in [2.75, 3.05) is 39.3 Å². The standard InChI is InChI=1S/C17H34N2O/c1-15(2)20-13-5-9-18-10-12-19-11-8-16-6-3-4-7-17(16)14-19/h15-18H,3-14H2,1-2H3. The molecule has 0 aromatic rings. The van der Waals surface area contributed by atoms with Crippen LogP contribution >= 0.6 is 0 Å². The lowest BCUT2D eigenvalue weighted by Gasteiger charge is -2.41. The number of nitrogens with one attached hydrogen (secondary N) is 1. The summed E-state index contributed by atoms with van der Waals surface area (Å²) in [5.41, 5.74) is 0. The number of nitrogens with zero attached hydrogens (tertiary/aromatic N) is 1. The molecule has 0 bridgehead atoms. The summed E-state index contributed by atoms with van der Waals surface area (Å²) in [6.45, 7) is 11.2. The van der Waals surface area contributed by atoms with E-state index < -0.39 is 0 Å². The van der Waals surface area contributed by atoms with Crippen molar-refractivity contribution in [3.63, 3.8) is 0 Å². The van der Waals surface area contributed by atoms with E-state index in [0.717, 1.165) is 38.0 Å². The van der Waals surface area contributed by atoms with E-state index in [-0.39, 0.29) is 0 Å². The SMILES string of the molecule is CC(C)OCCCNCCN1CCC2CCCCC2C1. The maximum atomic E-state index is 5.55. The van der Waals surface area contributed by atoms with Crippen molar-refractivity contribution in [3.05, 3.63) is 0 Å². The number of fused-ring (bicyclic) bond motifs is 1. The molecule has 2 atom stereocenters. The molecule has 2 fully saturated rings. The van der Waals surface area contributed by atoms with Gasteiger partial charge < -0.3 is 15.0 Å². The van der Waals surface area contributed by atoms with Gasteiger partial charge in [0.25, 0.3) is 0 Å². The highest BCUT2D eigenvalue weighted by molar-refractivity contribution is 4.83. The van der Waals surface area contributed by atoms with Gasteiger partial charge in [0.15, 0.2) is 0 Å². The Bertz CT molecular complexity index is 257. The van der Waals surface area contributed by atoms with Gasteiger partial charge in [0.1, 0.15) is 0 Å². The van der Waals surface area contributed by atoms with E-state index in [9.17, 15) is 0 Å². The molecule has 1 saturated heterocycles. The van der Waals surface area contributed by atoms with E-state index in [4.69, 9.17) is 4.74 Å². The Kier molecular flexibility index (Phi) is 7.32. The third-order valence-electron chi connectivity index (χ3n) is 4.93. The molecule has 118 valence electrons. The van der Waals surface area contributed by atoms with E-state index in [1.165, 1.54) is 51.7 Å². The zero-order valence-electron chi connectivity index (χ0n) is 13.6. The summed E-state index contributed by atoms with van der Waals surface area (Å²) in [7, 11) is 0. The number of ether oxygens (including phenoxy) is 1. The van der Waals surface area contributed by atoms with Crippen LogP contribution in [0.1, 0.15) is 52.4 Å². The fourth-order valence-electron chi connectivity index (χ4n) is 3.76. The molecule has 2 unspecified atom stereocenters. The number of likely N-dealkylation sites (tertiary alicyclic amines) is 1. The minimum Gasteiger partial charge on any atom is -0.379 e. The second kappa shape index (κ2) is 9.01. The van der Waals surface area contributed by atoms with Gasteiger partial charge in [-0.3, -0.25) is 0 Å². The molecule has 1 aliphatic carbocycles. The molecule has 2 rings (SSSR count). The molecule has 1 heterocycles. The Morgan fingerprint density at radius 2 is 1.90 bits per heavy atom. The molecule has 1 saturated carbocycles. The maximum Gasteiger partial charge on any atom is 0.0518 e. The second-order valence-electron chi connectivity index (χ2n) is 6.92. The summed E-state index contributed by atoms with van der Waals surface area (Å²) in [6, 6.07) is 0. The van der Waals surface area contributed by atoms with Crippen LogP contribution in [0.3, 0.4) is 0 Å². The Labute approximate surface area is 125 Å². The summed E-state index contributed by atoms with van der Waals surface area (Å²) in [5, 5.41) is 3.56. The predicted octanol–water partition coefficient (Wildman–Crippen LogP) is 2.90. The van der Waals surface area contributed by atoms with Crippen LogP contribution in [0.15, 0.2) is 0 Å². The minimum absolute atomic E-state index is 0.367. The lowest BCUT2D eigenvalue weighted by molar-refractivity contribution is 0.0758. The Balaban J connectivity index is 1.48. The molecular weight excluding hydrogens is 248 g/mol. The molecule has 1 aliphatic heterocycles. The topological polar surface area (TPSA) is 24.5 Å². The van der Waals surface area contributed by atoms with E-state index in [2.05, 4.69) is 24.1 Å². The lowest BCUT2D eigenvalue weighted by atomic mass is 9.75. The maximum absolute atomic E-state index is 5.55. The highest BCUT2D eigenvalue weighted by Gasteiger charge is 2.30. The van der Waals surface area contributed by atoms with Crippen LogP contribution in [0, 0.1) is 11.8 Å². The summed E-state index contributed by atoms with van der Waals surface area (Å²) in [6.07, 6.45) is 8.90. The van der Waals surface area contributed by atoms with Gasteiger partial charge in [-0.2, -0.15) is 0 Å². The first-order valence-electron chi connectivity index (χ1n) is 8.80. The number of piperidine rings is 1. The number of hydrogen-bond donors (Lipinski definition) is 1. The summed E-state index contributed by atoms with van der Waals surface area (Å²) >= 11 is 0. The van der Waals surface area contributed by atoms with Crippen LogP contribution in [-0.2, 0) is 4.74 Å². The monoisotopic (exact) mass is 282 g/mol. The minimum atomic E-state index is 0.367. The third-order valence-corrected chi connectivity index (χ3v) is 4.93. The van der Waals surface area contributed by atoms with Crippen molar-refractivity contribution in [2.24, 2.45) is 11.8 Å². The third kappa shape index (κ3) is 5.71. The first kappa shape index (κ1) is 16.3. The average molecular weight is 282 g/mol. The number of rotatable bonds is 8. The molecule has 0 aromatic carbocycles. The highest BCUT2D eigenvalue weighted by Crippen LogP contribution is 2.35. The smallest absolute Gasteiger partial charge is 0.0518 e. The fraction of sp³-hybridized carbons (Fsp3) is 1.00. The zero-order chi connectivity index (χ0) is 14.2. The van der Waals surface area contributed by atoms with E-state index >= 15 is 0 Å². The second-order valence-corrected chi connectivity index (χ2v) is 6.92. The summed E-state index contributed by atoms with van der Waals surface area (Å²) in [5.74, 6) is 2.07. The molecule has 0 radical (unpaired) electrons. The lowest BCUT2D eigenvalue weighted by Crippen LogP contribution is -2.44. The van der Waals surface area contributed by atoms with Crippen molar-refractivity contribution in [1.82, 2.24) is 10.2 Å². The van der Waals surface area contributed by atoms with Crippen LogP contribution in [-0.4, -0.2) is 50.3 Å². The highest BCUT2D eigenvalue weighted by atomic mass is 16.5. The van der Waals surface area contributed by atoms with Crippen molar-refractivity contribution < 1.29 is 4.74 Å². The Hall–Kier alpha value is -0.120. The molecule has 3 nitrogen and oxygen atoms in total. The van der Waals surface area contributed by atoms with Crippen LogP contribution in [0.2, 0.25) is 0 Å². The van der Waals surface area contributed by atoms with Gasteiger partial charge in [0.2, 0.25) is 0 Å². The van der Waals surface area contributed by atoms with Gasteiger partial charge in [0, 0.05) is 26.2 Å². The Morgan fingerprint density at radius 1 is 1.10 bits per heavy atom. The van der Waals surface area contributed by atoms with Crippen molar-refractivity contribution in [2.45, 2.75) is 58.5 Å². The van der Waals surface area contributed by atoms with Gasteiger partial charge in [-0.1, -0.05) is 19.3 Å². The summed E-state index contributed by atoms with van der Waals surface area (Å²) < 4.78 is 5.55. The van der Waals surface area contributed by atoms with Crippen LogP contribution < -0.4 is 5.32 Å². The van der Waals surface area contributed by atoms with E-state index in [1.807, 2.05) is 0 Å². The molecule has 3 heteroatoms. The van der Waals surface area contributed by atoms with Gasteiger partial charge in [-0.05, 0) is 58.0 Å². The molecule has 0 aromatic heterocycles. The van der Waals surface area contributed by atoms with Crippen LogP contribution in [0.4, 0.5) is 0 Å². The van der Waals surface area contributed by atoms with Gasteiger partial charge in [0.05, 0.1) is 6.10 Å². The first-order valence-corrected chi connectivity index (χ1v) is 8.80. The molecule has 20 heavy (non-hydrogen) atoms. The summed E-state index contributed by atoms with van der Waals surface area (Å²) in [4.78, 5) is 2.68. The molecule has 0 spiro atoms. The fourth-order valence-corrected chi connectivity index (χ4v) is 3.76. The molecular formula is C17H34N2O. The Morgan fingerprint density at radius 3 is 2.70 bits per heavy atom. The van der Waals surface area contributed by atoms with E-state index in [1.54, 1.807) is 0 Å². The van der Waals surface area contributed by atoms with Gasteiger partial charge >= 0.3 is 0 Å². The van der Waals surface area contributed by atoms with E-state index in [0.29, 0.717) is 6.10 Å². The zero-order valence-corrected chi connectivity index (χ0v) is 13.6.